The number of hydrogen-bond donors (Lipinski definition) is 1. The normalized spacial score (nSPS) is 26.9. The Labute approximate surface area is 104 Å². The molecule has 2 heterocycles. The van der Waals surface area contributed by atoms with E-state index >= 15 is 0 Å². The summed E-state index contributed by atoms with van der Waals surface area (Å²) in [5.41, 5.74) is 0.901. The Hall–Kier alpha value is -0.450. The van der Waals surface area contributed by atoms with E-state index in [0.717, 1.165) is 23.2 Å². The third kappa shape index (κ3) is 2.81. The van der Waals surface area contributed by atoms with Crippen molar-refractivity contribution in [1.29, 1.82) is 0 Å². The molecule has 1 aromatic rings. The second kappa shape index (κ2) is 5.25. The van der Waals surface area contributed by atoms with Crippen LogP contribution >= 0.6 is 15.9 Å². The van der Waals surface area contributed by atoms with E-state index in [0.29, 0.717) is 12.3 Å². The van der Waals surface area contributed by atoms with Crippen LogP contribution in [0.2, 0.25) is 0 Å². The van der Waals surface area contributed by atoms with Crippen LogP contribution in [0, 0.1) is 5.92 Å². The smallest absolute Gasteiger partial charge is 0.0864 e. The second-order valence-electron chi connectivity index (χ2n) is 4.34. The van der Waals surface area contributed by atoms with Gasteiger partial charge < -0.3 is 9.84 Å². The number of halogens is 1. The van der Waals surface area contributed by atoms with E-state index in [4.69, 9.17) is 4.74 Å². The van der Waals surface area contributed by atoms with Gasteiger partial charge in [-0.15, -0.1) is 0 Å². The summed E-state index contributed by atoms with van der Waals surface area (Å²) < 4.78 is 6.49. The predicted octanol–water partition coefficient (Wildman–Crippen LogP) is 2.17. The minimum Gasteiger partial charge on any atom is -0.390 e. The maximum atomic E-state index is 10.1. The van der Waals surface area contributed by atoms with Crippen molar-refractivity contribution < 1.29 is 9.84 Å². The lowest BCUT2D eigenvalue weighted by Crippen LogP contribution is -2.32. The number of hydrogen-bond acceptors (Lipinski definition) is 3. The third-order valence-electron chi connectivity index (χ3n) is 3.03. The molecule has 1 aromatic heterocycles. The maximum Gasteiger partial charge on any atom is 0.0864 e. The largest absolute Gasteiger partial charge is 0.390 e. The van der Waals surface area contributed by atoms with Gasteiger partial charge in [-0.05, 0) is 40.4 Å². The van der Waals surface area contributed by atoms with Crippen LogP contribution in [0.25, 0.3) is 0 Å². The van der Waals surface area contributed by atoms with E-state index in [1.54, 1.807) is 6.20 Å². The number of aliphatic hydroxyl groups is 1. The first-order valence-electron chi connectivity index (χ1n) is 5.57. The molecule has 0 amide bonds. The molecular weight excluding hydrogens is 270 g/mol. The lowest BCUT2D eigenvalue weighted by atomic mass is 9.96. The monoisotopic (exact) mass is 285 g/mol. The second-order valence-corrected chi connectivity index (χ2v) is 5.26. The molecule has 16 heavy (non-hydrogen) atoms. The number of nitrogens with zero attached hydrogens (tertiary/aromatic N) is 1. The number of ether oxygens (including phenoxy) is 1. The van der Waals surface area contributed by atoms with Crippen molar-refractivity contribution >= 4 is 15.9 Å². The van der Waals surface area contributed by atoms with E-state index in [2.05, 4.69) is 27.8 Å². The van der Waals surface area contributed by atoms with Gasteiger partial charge >= 0.3 is 0 Å². The van der Waals surface area contributed by atoms with Crippen LogP contribution < -0.4 is 0 Å². The quantitative estimate of drug-likeness (QED) is 0.926. The molecule has 2 rings (SSSR count). The standard InChI is InChI=1S/C12H16BrNO2/c1-8-4-5-16-12(8)11(15)6-10-3-2-9(13)7-14-10/h2-3,7-8,11-12,15H,4-6H2,1H3. The fourth-order valence-corrected chi connectivity index (χ4v) is 2.30. The predicted molar refractivity (Wildman–Crippen MR) is 65.2 cm³/mol. The van der Waals surface area contributed by atoms with Gasteiger partial charge in [0, 0.05) is 29.4 Å². The van der Waals surface area contributed by atoms with Crippen LogP contribution in [-0.2, 0) is 11.2 Å². The zero-order valence-corrected chi connectivity index (χ0v) is 10.9. The summed E-state index contributed by atoms with van der Waals surface area (Å²) in [5, 5.41) is 10.1. The molecule has 1 N–H and O–H groups in total. The lowest BCUT2D eigenvalue weighted by molar-refractivity contribution is -0.0161. The zero-order valence-electron chi connectivity index (χ0n) is 9.27. The van der Waals surface area contributed by atoms with Crippen molar-refractivity contribution in [1.82, 2.24) is 4.98 Å². The molecule has 3 nitrogen and oxygen atoms in total. The van der Waals surface area contributed by atoms with Gasteiger partial charge in [0.2, 0.25) is 0 Å². The van der Waals surface area contributed by atoms with Crippen molar-refractivity contribution in [3.05, 3.63) is 28.5 Å². The summed E-state index contributed by atoms with van der Waals surface area (Å²) in [7, 11) is 0. The Balaban J connectivity index is 1.96. The average Bonchev–Trinajstić information content (AvgIpc) is 2.68. The highest BCUT2D eigenvalue weighted by Gasteiger charge is 2.30. The molecule has 0 radical (unpaired) electrons. The van der Waals surface area contributed by atoms with E-state index in [1.165, 1.54) is 0 Å². The van der Waals surface area contributed by atoms with Gasteiger partial charge in [0.1, 0.15) is 0 Å². The van der Waals surface area contributed by atoms with Gasteiger partial charge in [-0.2, -0.15) is 0 Å². The van der Waals surface area contributed by atoms with Crippen LogP contribution in [0.4, 0.5) is 0 Å². The van der Waals surface area contributed by atoms with E-state index in [1.807, 2.05) is 12.1 Å². The number of aliphatic hydroxyl groups excluding tert-OH is 1. The van der Waals surface area contributed by atoms with E-state index < -0.39 is 6.10 Å². The molecular formula is C12H16BrNO2. The third-order valence-corrected chi connectivity index (χ3v) is 3.50. The van der Waals surface area contributed by atoms with E-state index in [-0.39, 0.29) is 6.10 Å². The summed E-state index contributed by atoms with van der Waals surface area (Å²) in [6, 6.07) is 3.86. The summed E-state index contributed by atoms with van der Waals surface area (Å²) in [5.74, 6) is 0.436. The minimum absolute atomic E-state index is 0.0366. The van der Waals surface area contributed by atoms with Crippen molar-refractivity contribution in [3.63, 3.8) is 0 Å². The topological polar surface area (TPSA) is 42.4 Å². The molecule has 1 fully saturated rings. The number of rotatable bonds is 3. The molecule has 88 valence electrons. The first-order chi connectivity index (χ1) is 7.66. The van der Waals surface area contributed by atoms with Crippen molar-refractivity contribution in [2.24, 2.45) is 5.92 Å². The minimum atomic E-state index is -0.453. The highest BCUT2D eigenvalue weighted by molar-refractivity contribution is 9.10. The molecule has 0 bridgehead atoms. The van der Waals surface area contributed by atoms with Gasteiger partial charge in [0.05, 0.1) is 12.2 Å². The molecule has 0 spiro atoms. The molecule has 1 aliphatic heterocycles. The zero-order chi connectivity index (χ0) is 11.5. The van der Waals surface area contributed by atoms with Gasteiger partial charge in [0.25, 0.3) is 0 Å². The summed E-state index contributed by atoms with van der Waals surface area (Å²) in [6.45, 7) is 2.88. The number of aromatic nitrogens is 1. The highest BCUT2D eigenvalue weighted by atomic mass is 79.9. The molecule has 1 saturated heterocycles. The maximum absolute atomic E-state index is 10.1. The molecule has 0 saturated carbocycles. The Morgan fingerprint density at radius 2 is 2.44 bits per heavy atom. The fraction of sp³-hybridized carbons (Fsp3) is 0.583. The van der Waals surface area contributed by atoms with Crippen molar-refractivity contribution in [2.45, 2.75) is 32.0 Å². The number of pyridine rings is 1. The molecule has 0 aliphatic carbocycles. The average molecular weight is 286 g/mol. The molecule has 3 atom stereocenters. The lowest BCUT2D eigenvalue weighted by Gasteiger charge is -2.20. The summed E-state index contributed by atoms with van der Waals surface area (Å²) in [4.78, 5) is 4.25. The van der Waals surface area contributed by atoms with Crippen LogP contribution in [0.5, 0.6) is 0 Å². The highest BCUT2D eigenvalue weighted by Crippen LogP contribution is 2.24. The first kappa shape index (κ1) is 12.0. The van der Waals surface area contributed by atoms with Gasteiger partial charge in [0.15, 0.2) is 0 Å². The SMILES string of the molecule is CC1CCOC1C(O)Cc1ccc(Br)cn1. The van der Waals surface area contributed by atoms with Gasteiger partial charge in [-0.1, -0.05) is 6.92 Å². The van der Waals surface area contributed by atoms with Crippen LogP contribution in [0.3, 0.4) is 0 Å². The van der Waals surface area contributed by atoms with Crippen molar-refractivity contribution in [2.75, 3.05) is 6.61 Å². The Morgan fingerprint density at radius 1 is 1.62 bits per heavy atom. The van der Waals surface area contributed by atoms with Gasteiger partial charge in [-0.3, -0.25) is 4.98 Å². The molecule has 3 unspecified atom stereocenters. The molecule has 4 heteroatoms. The summed E-state index contributed by atoms with van der Waals surface area (Å²) in [6.07, 6.45) is 2.86. The first-order valence-corrected chi connectivity index (χ1v) is 6.36. The van der Waals surface area contributed by atoms with Crippen LogP contribution in [0.1, 0.15) is 19.0 Å². The molecule has 0 aromatic carbocycles. The summed E-state index contributed by atoms with van der Waals surface area (Å²) >= 11 is 3.34. The fourth-order valence-electron chi connectivity index (χ4n) is 2.07. The van der Waals surface area contributed by atoms with E-state index in [9.17, 15) is 5.11 Å². The van der Waals surface area contributed by atoms with Gasteiger partial charge in [-0.25, -0.2) is 0 Å². The van der Waals surface area contributed by atoms with Crippen molar-refractivity contribution in [3.8, 4) is 0 Å². The molecule has 1 aliphatic rings. The Morgan fingerprint density at radius 3 is 3.00 bits per heavy atom. The van der Waals surface area contributed by atoms with Crippen LogP contribution in [-0.4, -0.2) is 28.9 Å². The Bertz CT molecular complexity index is 341. The Kier molecular flexibility index (Phi) is 3.95. The van der Waals surface area contributed by atoms with Crippen LogP contribution in [0.15, 0.2) is 22.8 Å².